The predicted octanol–water partition coefficient (Wildman–Crippen LogP) is 1.40. The Morgan fingerprint density at radius 3 is 2.76 bits per heavy atom. The Morgan fingerprint density at radius 2 is 2.10 bits per heavy atom. The fourth-order valence-electron chi connectivity index (χ4n) is 4.26. The predicted molar refractivity (Wildman–Crippen MR) is 106 cm³/mol. The molecule has 0 amide bonds. The normalized spacial score (nSPS) is 23.2. The first-order valence-corrected chi connectivity index (χ1v) is 9.61. The molecule has 148 valence electrons. The van der Waals surface area contributed by atoms with E-state index in [1.54, 1.807) is 17.1 Å². The molecule has 5 heterocycles. The van der Waals surface area contributed by atoms with Crippen molar-refractivity contribution in [3.63, 3.8) is 0 Å². The van der Waals surface area contributed by atoms with Crippen LogP contribution in [0.2, 0.25) is 0 Å². The van der Waals surface area contributed by atoms with E-state index in [9.17, 15) is 0 Å². The van der Waals surface area contributed by atoms with Crippen molar-refractivity contribution in [1.82, 2.24) is 24.6 Å². The molecule has 0 aromatic carbocycles. The molecule has 2 saturated heterocycles. The van der Waals surface area contributed by atoms with Gasteiger partial charge in [-0.3, -0.25) is 4.68 Å². The molecule has 10 heteroatoms. The number of anilines is 3. The lowest BCUT2D eigenvalue weighted by Gasteiger charge is -2.43. The molecule has 0 radical (unpaired) electrons. The first kappa shape index (κ1) is 17.5. The van der Waals surface area contributed by atoms with E-state index in [0.717, 1.165) is 43.3 Å². The summed E-state index contributed by atoms with van der Waals surface area (Å²) in [4.78, 5) is 18.2. The quantitative estimate of drug-likeness (QED) is 0.837. The van der Waals surface area contributed by atoms with Crippen LogP contribution in [0.15, 0.2) is 41.6 Å². The zero-order chi connectivity index (χ0) is 19.8. The minimum absolute atomic E-state index is 0.273. The number of hydrogen-bond acceptors (Lipinski definition) is 9. The van der Waals surface area contributed by atoms with Crippen molar-refractivity contribution < 1.29 is 4.74 Å². The molecule has 0 saturated carbocycles. The highest BCUT2D eigenvalue weighted by Gasteiger charge is 2.42. The third kappa shape index (κ3) is 3.35. The summed E-state index contributed by atoms with van der Waals surface area (Å²) in [5.41, 5.74) is 0.856. The van der Waals surface area contributed by atoms with Crippen molar-refractivity contribution in [1.29, 1.82) is 5.26 Å². The lowest BCUT2D eigenvalue weighted by Crippen LogP contribution is -2.57. The van der Waals surface area contributed by atoms with Gasteiger partial charge in [-0.2, -0.15) is 15.3 Å². The fourth-order valence-corrected chi connectivity index (χ4v) is 4.26. The van der Waals surface area contributed by atoms with Gasteiger partial charge in [0.25, 0.3) is 0 Å². The summed E-state index contributed by atoms with van der Waals surface area (Å²) in [6.07, 6.45) is 9.15. The Labute approximate surface area is 168 Å². The second kappa shape index (κ2) is 7.09. The van der Waals surface area contributed by atoms with Crippen molar-refractivity contribution in [2.75, 3.05) is 29.9 Å². The van der Waals surface area contributed by atoms with Gasteiger partial charge in [-0.25, -0.2) is 9.98 Å². The standard InChI is InChI=1S/C19H21N9O/c1-26-9-13(7-23-26)24-19-21-5-4-17(25-19)27-10-14-2-3-15(11-27)28(14)18-12-29-16(6-20)8-22-18/h4-5,7-9,14-15H,2-3,10-12H2,1H3,(H,21,24,25)/t14-,15+. The molecule has 2 fully saturated rings. The molecule has 0 spiro atoms. The fraction of sp³-hybridized carbons (Fsp3) is 0.421. The Hall–Kier alpha value is -3.61. The monoisotopic (exact) mass is 391 g/mol. The molecule has 5 rings (SSSR count). The lowest BCUT2D eigenvalue weighted by molar-refractivity contribution is 0.218. The smallest absolute Gasteiger partial charge is 0.229 e. The van der Waals surface area contributed by atoms with E-state index in [-0.39, 0.29) is 5.76 Å². The number of aryl methyl sites for hydroxylation is 1. The van der Waals surface area contributed by atoms with Crippen LogP contribution >= 0.6 is 0 Å². The number of nitrogens with zero attached hydrogens (tertiary/aromatic N) is 8. The highest BCUT2D eigenvalue weighted by atomic mass is 16.5. The van der Waals surface area contributed by atoms with Gasteiger partial charge < -0.3 is 19.9 Å². The maximum absolute atomic E-state index is 8.93. The van der Waals surface area contributed by atoms with E-state index in [1.807, 2.05) is 25.4 Å². The summed E-state index contributed by atoms with van der Waals surface area (Å²) in [6.45, 7) is 2.10. The summed E-state index contributed by atoms with van der Waals surface area (Å²) in [6, 6.07) is 4.67. The highest BCUT2D eigenvalue weighted by Crippen LogP contribution is 2.33. The number of allylic oxidation sites excluding steroid dienone is 1. The van der Waals surface area contributed by atoms with Gasteiger partial charge in [-0.1, -0.05) is 0 Å². The van der Waals surface area contributed by atoms with Crippen LogP contribution in [0, 0.1) is 11.3 Å². The zero-order valence-electron chi connectivity index (χ0n) is 16.1. The van der Waals surface area contributed by atoms with Crippen molar-refractivity contribution >= 4 is 23.3 Å². The number of amidine groups is 1. The maximum atomic E-state index is 8.93. The van der Waals surface area contributed by atoms with Crippen molar-refractivity contribution in [3.8, 4) is 6.07 Å². The minimum atomic E-state index is 0.273. The summed E-state index contributed by atoms with van der Waals surface area (Å²) in [5.74, 6) is 2.66. The van der Waals surface area contributed by atoms with E-state index in [2.05, 4.69) is 30.2 Å². The molecular weight excluding hydrogens is 370 g/mol. The highest BCUT2D eigenvalue weighted by molar-refractivity contribution is 5.86. The van der Waals surface area contributed by atoms with Gasteiger partial charge in [0.05, 0.1) is 18.1 Å². The maximum Gasteiger partial charge on any atom is 0.229 e. The molecular formula is C19H21N9O. The zero-order valence-corrected chi connectivity index (χ0v) is 16.1. The van der Waals surface area contributed by atoms with E-state index < -0.39 is 0 Å². The Balaban J connectivity index is 1.31. The van der Waals surface area contributed by atoms with Gasteiger partial charge >= 0.3 is 0 Å². The second-order valence-electron chi connectivity index (χ2n) is 7.40. The Bertz CT molecular complexity index is 1010. The number of aliphatic imine (C=N–C) groups is 1. The van der Waals surface area contributed by atoms with Gasteiger partial charge in [-0.05, 0) is 18.9 Å². The SMILES string of the molecule is Cn1cc(Nc2nccc(N3C[C@H]4CC[C@@H](C3)N4C3=NC=C(C#N)OC3)n2)cn1. The van der Waals surface area contributed by atoms with E-state index in [0.29, 0.717) is 24.6 Å². The van der Waals surface area contributed by atoms with Crippen molar-refractivity contribution in [2.24, 2.45) is 12.0 Å². The first-order chi connectivity index (χ1) is 14.2. The molecule has 3 aliphatic rings. The largest absolute Gasteiger partial charge is 0.474 e. The summed E-state index contributed by atoms with van der Waals surface area (Å²) in [7, 11) is 1.87. The lowest BCUT2D eigenvalue weighted by atomic mass is 10.1. The van der Waals surface area contributed by atoms with Crippen LogP contribution in [0.1, 0.15) is 12.8 Å². The van der Waals surface area contributed by atoms with Crippen molar-refractivity contribution in [2.45, 2.75) is 24.9 Å². The Kier molecular flexibility index (Phi) is 4.27. The number of ether oxygens (including phenoxy) is 1. The van der Waals surface area contributed by atoms with E-state index >= 15 is 0 Å². The van der Waals surface area contributed by atoms with Gasteiger partial charge in [0.1, 0.15) is 24.3 Å². The summed E-state index contributed by atoms with van der Waals surface area (Å²) >= 11 is 0. The molecule has 2 aromatic heterocycles. The van der Waals surface area contributed by atoms with Crippen LogP contribution in [0.25, 0.3) is 0 Å². The van der Waals surface area contributed by atoms with Gasteiger partial charge in [0.2, 0.25) is 11.7 Å². The molecule has 3 aliphatic heterocycles. The second-order valence-corrected chi connectivity index (χ2v) is 7.40. The van der Waals surface area contributed by atoms with Crippen molar-refractivity contribution in [3.05, 3.63) is 36.6 Å². The number of hydrogen-bond donors (Lipinski definition) is 1. The van der Waals surface area contributed by atoms with Gasteiger partial charge in [-0.15, -0.1) is 0 Å². The number of aromatic nitrogens is 4. The molecule has 29 heavy (non-hydrogen) atoms. The molecule has 2 aromatic rings. The molecule has 2 bridgehead atoms. The third-order valence-corrected chi connectivity index (χ3v) is 5.50. The van der Waals surface area contributed by atoms with Gasteiger partial charge in [0.15, 0.2) is 0 Å². The number of piperazine rings is 1. The molecule has 10 nitrogen and oxygen atoms in total. The average Bonchev–Trinajstić information content (AvgIpc) is 3.27. The van der Waals surface area contributed by atoms with Crippen LogP contribution in [0.4, 0.5) is 17.5 Å². The number of nitriles is 1. The number of nitrogens with one attached hydrogen (secondary N) is 1. The van der Waals surface area contributed by atoms with Crippen LogP contribution in [-0.2, 0) is 11.8 Å². The minimum Gasteiger partial charge on any atom is -0.474 e. The van der Waals surface area contributed by atoms with E-state index in [4.69, 9.17) is 15.0 Å². The summed E-state index contributed by atoms with van der Waals surface area (Å²) in [5, 5.41) is 16.3. The number of rotatable bonds is 3. The van der Waals surface area contributed by atoms with Crippen LogP contribution in [-0.4, -0.2) is 62.3 Å². The molecule has 2 atom stereocenters. The topological polar surface area (TPSA) is 107 Å². The van der Waals surface area contributed by atoms with Crippen LogP contribution in [0.3, 0.4) is 0 Å². The molecule has 1 N–H and O–H groups in total. The van der Waals surface area contributed by atoms with Crippen LogP contribution in [0.5, 0.6) is 0 Å². The Morgan fingerprint density at radius 1 is 1.28 bits per heavy atom. The van der Waals surface area contributed by atoms with Gasteiger partial charge in [0, 0.05) is 44.6 Å². The third-order valence-electron chi connectivity index (χ3n) is 5.50. The first-order valence-electron chi connectivity index (χ1n) is 9.61. The molecule has 0 aliphatic carbocycles. The molecule has 0 unspecified atom stereocenters. The number of fused-ring (bicyclic) bond motifs is 2. The summed E-state index contributed by atoms with van der Waals surface area (Å²) < 4.78 is 7.21. The van der Waals surface area contributed by atoms with Crippen LogP contribution < -0.4 is 10.2 Å². The average molecular weight is 391 g/mol. The van der Waals surface area contributed by atoms with E-state index in [1.165, 1.54) is 6.20 Å².